The Kier molecular flexibility index (Phi) is 7.62. The van der Waals surface area contributed by atoms with Crippen molar-refractivity contribution in [1.29, 1.82) is 0 Å². The van der Waals surface area contributed by atoms with E-state index in [0.717, 1.165) is 12.8 Å². The molecule has 0 fully saturated rings. The van der Waals surface area contributed by atoms with Crippen LogP contribution < -0.4 is 10.6 Å². The molecule has 5 heteroatoms. The Morgan fingerprint density at radius 1 is 1.40 bits per heavy atom. The zero-order chi connectivity index (χ0) is 11.7. The van der Waals surface area contributed by atoms with Crippen LogP contribution in [0.25, 0.3) is 0 Å². The van der Waals surface area contributed by atoms with Gasteiger partial charge in [-0.25, -0.2) is 0 Å². The summed E-state index contributed by atoms with van der Waals surface area (Å²) in [6.07, 6.45) is 2.01. The number of rotatable bonds is 7. The van der Waals surface area contributed by atoms with Crippen LogP contribution in [-0.4, -0.2) is 38.1 Å². The number of ether oxygens (including phenoxy) is 1. The molecule has 15 heavy (non-hydrogen) atoms. The van der Waals surface area contributed by atoms with Gasteiger partial charge in [-0.1, -0.05) is 13.3 Å². The van der Waals surface area contributed by atoms with Gasteiger partial charge in [0, 0.05) is 20.6 Å². The molecule has 0 saturated carbocycles. The molecule has 0 saturated heterocycles. The van der Waals surface area contributed by atoms with Gasteiger partial charge in [0.05, 0.1) is 6.61 Å². The maximum Gasteiger partial charge on any atom is 0.244 e. The molecule has 0 bridgehead atoms. The summed E-state index contributed by atoms with van der Waals surface area (Å²) in [6, 6.07) is -0.593. The Hall–Kier alpha value is -1.10. The molecular formula is C10H20N2O3. The monoisotopic (exact) mass is 216 g/mol. The van der Waals surface area contributed by atoms with E-state index in [-0.39, 0.29) is 18.4 Å². The first-order valence-corrected chi connectivity index (χ1v) is 5.18. The molecule has 1 atom stereocenters. The van der Waals surface area contributed by atoms with Crippen LogP contribution in [0, 0.1) is 0 Å². The van der Waals surface area contributed by atoms with Crippen molar-refractivity contribution in [2.24, 2.45) is 0 Å². The highest BCUT2D eigenvalue weighted by atomic mass is 16.5. The number of carbonyl (C=O) groups is 2. The fourth-order valence-electron chi connectivity index (χ4n) is 1.05. The van der Waals surface area contributed by atoms with Crippen molar-refractivity contribution in [2.75, 3.05) is 20.3 Å². The van der Waals surface area contributed by atoms with Crippen molar-refractivity contribution in [1.82, 2.24) is 10.6 Å². The third kappa shape index (κ3) is 6.90. The van der Waals surface area contributed by atoms with Crippen LogP contribution in [-0.2, 0) is 14.3 Å². The summed E-state index contributed by atoms with van der Waals surface area (Å²) in [5, 5.41) is 5.01. The van der Waals surface area contributed by atoms with Crippen molar-refractivity contribution >= 4 is 11.8 Å². The van der Waals surface area contributed by atoms with Crippen LogP contribution in [0.5, 0.6) is 0 Å². The van der Waals surface area contributed by atoms with Gasteiger partial charge in [0.2, 0.25) is 11.8 Å². The molecule has 2 amide bonds. The van der Waals surface area contributed by atoms with Crippen molar-refractivity contribution in [3.63, 3.8) is 0 Å². The van der Waals surface area contributed by atoms with E-state index in [9.17, 15) is 9.59 Å². The largest absolute Gasteiger partial charge is 0.379 e. The highest BCUT2D eigenvalue weighted by Crippen LogP contribution is 1.91. The van der Waals surface area contributed by atoms with Gasteiger partial charge in [0.25, 0.3) is 0 Å². The average molecular weight is 216 g/mol. The van der Waals surface area contributed by atoms with Gasteiger partial charge < -0.3 is 15.4 Å². The Morgan fingerprint density at radius 2 is 2.07 bits per heavy atom. The topological polar surface area (TPSA) is 67.4 Å². The highest BCUT2D eigenvalue weighted by molar-refractivity contribution is 5.86. The second-order valence-electron chi connectivity index (χ2n) is 3.30. The minimum absolute atomic E-state index is 0.221. The number of hydrogen-bond donors (Lipinski definition) is 2. The Bertz CT molecular complexity index is 207. The molecule has 88 valence electrons. The molecule has 0 aliphatic heterocycles. The van der Waals surface area contributed by atoms with E-state index in [1.807, 2.05) is 0 Å². The quantitative estimate of drug-likeness (QED) is 0.591. The summed E-state index contributed by atoms with van der Waals surface area (Å²) >= 11 is 0. The molecule has 0 unspecified atom stereocenters. The van der Waals surface area contributed by atoms with E-state index in [2.05, 4.69) is 17.6 Å². The Balaban J connectivity index is 3.90. The van der Waals surface area contributed by atoms with Crippen molar-refractivity contribution < 1.29 is 14.3 Å². The number of carbonyl (C=O) groups excluding carboxylic acids is 2. The maximum atomic E-state index is 11.3. The molecule has 0 rings (SSSR count). The standard InChI is InChI=1S/C10H20N2O3/c1-4-5-6-15-7-9(10(14)11-3)12-8(2)13/h9H,4-7H2,1-3H3,(H,11,14)(H,12,13)/t9-/m0/s1. The summed E-state index contributed by atoms with van der Waals surface area (Å²) in [5.74, 6) is -0.468. The fraction of sp³-hybridized carbons (Fsp3) is 0.800. The highest BCUT2D eigenvalue weighted by Gasteiger charge is 2.17. The van der Waals surface area contributed by atoms with Crippen molar-refractivity contribution in [3.8, 4) is 0 Å². The Morgan fingerprint density at radius 3 is 2.53 bits per heavy atom. The van der Waals surface area contributed by atoms with Crippen molar-refractivity contribution in [3.05, 3.63) is 0 Å². The van der Waals surface area contributed by atoms with Crippen LogP contribution in [0.4, 0.5) is 0 Å². The van der Waals surface area contributed by atoms with Gasteiger partial charge in [-0.2, -0.15) is 0 Å². The second kappa shape index (κ2) is 8.23. The summed E-state index contributed by atoms with van der Waals surface area (Å²) in [6.45, 7) is 4.28. The smallest absolute Gasteiger partial charge is 0.244 e. The van der Waals surface area contributed by atoms with Crippen molar-refractivity contribution in [2.45, 2.75) is 32.7 Å². The number of hydrogen-bond acceptors (Lipinski definition) is 3. The van der Waals surface area contributed by atoms with Crippen LogP contribution in [0.15, 0.2) is 0 Å². The SMILES string of the molecule is CCCCOC[C@H](NC(C)=O)C(=O)NC. The lowest BCUT2D eigenvalue weighted by Crippen LogP contribution is -2.47. The molecule has 0 aromatic rings. The van der Waals surface area contributed by atoms with Crippen LogP contribution in [0.1, 0.15) is 26.7 Å². The zero-order valence-corrected chi connectivity index (χ0v) is 9.63. The second-order valence-corrected chi connectivity index (χ2v) is 3.30. The molecule has 0 spiro atoms. The van der Waals surface area contributed by atoms with Crippen LogP contribution >= 0.6 is 0 Å². The van der Waals surface area contributed by atoms with Gasteiger partial charge in [-0.05, 0) is 6.42 Å². The van der Waals surface area contributed by atoms with E-state index in [0.29, 0.717) is 6.61 Å². The van der Waals surface area contributed by atoms with E-state index in [1.54, 1.807) is 0 Å². The molecule has 0 aliphatic carbocycles. The number of likely N-dealkylation sites (N-methyl/N-ethyl adjacent to an activating group) is 1. The predicted molar refractivity (Wildman–Crippen MR) is 57.4 cm³/mol. The fourth-order valence-corrected chi connectivity index (χ4v) is 1.05. The lowest BCUT2D eigenvalue weighted by atomic mass is 10.3. The van der Waals surface area contributed by atoms with Crippen LogP contribution in [0.2, 0.25) is 0 Å². The number of nitrogens with one attached hydrogen (secondary N) is 2. The molecule has 0 heterocycles. The third-order valence-electron chi connectivity index (χ3n) is 1.87. The van der Waals surface area contributed by atoms with Gasteiger partial charge in [0.1, 0.15) is 6.04 Å². The van der Waals surface area contributed by atoms with Gasteiger partial charge in [-0.15, -0.1) is 0 Å². The van der Waals surface area contributed by atoms with Gasteiger partial charge in [0.15, 0.2) is 0 Å². The van der Waals surface area contributed by atoms with Crippen LogP contribution in [0.3, 0.4) is 0 Å². The summed E-state index contributed by atoms with van der Waals surface area (Å²) in [7, 11) is 1.53. The summed E-state index contributed by atoms with van der Waals surface area (Å²) < 4.78 is 5.28. The first-order chi connectivity index (χ1) is 7.11. The van der Waals surface area contributed by atoms with E-state index < -0.39 is 6.04 Å². The predicted octanol–water partition coefficient (Wildman–Crippen LogP) is 0.0538. The molecule has 5 nitrogen and oxygen atoms in total. The Labute approximate surface area is 90.6 Å². The van der Waals surface area contributed by atoms with Gasteiger partial charge in [-0.3, -0.25) is 9.59 Å². The normalized spacial score (nSPS) is 11.9. The third-order valence-corrected chi connectivity index (χ3v) is 1.87. The van der Waals surface area contributed by atoms with E-state index in [1.165, 1.54) is 14.0 Å². The lowest BCUT2D eigenvalue weighted by Gasteiger charge is -2.16. The first-order valence-electron chi connectivity index (χ1n) is 5.18. The summed E-state index contributed by atoms with van der Waals surface area (Å²) in [4.78, 5) is 22.1. The minimum Gasteiger partial charge on any atom is -0.379 e. The lowest BCUT2D eigenvalue weighted by molar-refractivity contribution is -0.129. The van der Waals surface area contributed by atoms with E-state index in [4.69, 9.17) is 4.74 Å². The molecular weight excluding hydrogens is 196 g/mol. The number of unbranched alkanes of at least 4 members (excludes halogenated alkanes) is 1. The average Bonchev–Trinajstić information content (AvgIpc) is 2.21. The zero-order valence-electron chi connectivity index (χ0n) is 9.63. The summed E-state index contributed by atoms with van der Waals surface area (Å²) in [5.41, 5.74) is 0. The van der Waals surface area contributed by atoms with E-state index >= 15 is 0 Å². The maximum absolute atomic E-state index is 11.3. The minimum atomic E-state index is -0.593. The molecule has 0 aromatic carbocycles. The first kappa shape index (κ1) is 13.9. The molecule has 2 N–H and O–H groups in total. The molecule has 0 radical (unpaired) electrons. The van der Waals surface area contributed by atoms with Gasteiger partial charge >= 0.3 is 0 Å². The molecule has 0 aliphatic rings. The molecule has 0 aromatic heterocycles. The number of amides is 2.